The fraction of sp³-hybridized carbons (Fsp3) is 0.526. The molecule has 1 aliphatic carbocycles. The minimum atomic E-state index is -4.41. The number of fused-ring (bicyclic) bond motifs is 3. The van der Waals surface area contributed by atoms with Crippen LogP contribution in [-0.2, 0) is 0 Å². The van der Waals surface area contributed by atoms with E-state index in [0.29, 0.717) is 17.8 Å². The second-order valence-corrected chi connectivity index (χ2v) is 8.74. The fourth-order valence-corrected chi connectivity index (χ4v) is 5.28. The van der Waals surface area contributed by atoms with Crippen LogP contribution in [0.3, 0.4) is 0 Å². The molecule has 5 rings (SSSR count). The smallest absolute Gasteiger partial charge is 0.422 e. The van der Waals surface area contributed by atoms with Crippen LogP contribution < -0.4 is 15.0 Å². The van der Waals surface area contributed by atoms with E-state index in [1.807, 2.05) is 6.92 Å². The highest BCUT2D eigenvalue weighted by atomic mass is 32.1. The first-order chi connectivity index (χ1) is 14.4. The number of alkyl halides is 3. The maximum Gasteiger partial charge on any atom is 0.422 e. The van der Waals surface area contributed by atoms with Crippen molar-refractivity contribution in [2.24, 2.45) is 11.8 Å². The lowest BCUT2D eigenvalue weighted by atomic mass is 9.92. The quantitative estimate of drug-likeness (QED) is 0.654. The van der Waals surface area contributed by atoms with Gasteiger partial charge in [0.25, 0.3) is 0 Å². The summed E-state index contributed by atoms with van der Waals surface area (Å²) in [6, 6.07) is 5.44. The monoisotopic (exact) mass is 438 g/mol. The molecular formula is C19H21F3N6OS. The summed E-state index contributed by atoms with van der Waals surface area (Å²) in [4.78, 5) is 6.82. The van der Waals surface area contributed by atoms with Crippen molar-refractivity contribution in [2.75, 3.05) is 29.9 Å². The second-order valence-electron chi connectivity index (χ2n) is 7.96. The van der Waals surface area contributed by atoms with Crippen molar-refractivity contribution in [1.29, 1.82) is 0 Å². The molecule has 7 nitrogen and oxygen atoms in total. The molecular weight excluding hydrogens is 417 g/mol. The lowest BCUT2D eigenvalue weighted by Crippen LogP contribution is -2.48. The molecule has 1 saturated heterocycles. The Bertz CT molecular complexity index is 1040. The Labute approximate surface area is 175 Å². The number of hydrogen-bond donors (Lipinski definition) is 1. The summed E-state index contributed by atoms with van der Waals surface area (Å²) in [5, 5.41) is 9.06. The molecule has 160 valence electrons. The molecule has 0 spiro atoms. The molecule has 0 amide bonds. The zero-order valence-electron chi connectivity index (χ0n) is 16.3. The van der Waals surface area contributed by atoms with Gasteiger partial charge in [-0.3, -0.25) is 0 Å². The number of aromatic nitrogens is 4. The van der Waals surface area contributed by atoms with Crippen LogP contribution in [-0.4, -0.2) is 50.9 Å². The van der Waals surface area contributed by atoms with Crippen LogP contribution >= 0.6 is 11.5 Å². The Kier molecular flexibility index (Phi) is 4.72. The highest BCUT2D eigenvalue weighted by molar-refractivity contribution is 7.10. The second kappa shape index (κ2) is 7.29. The summed E-state index contributed by atoms with van der Waals surface area (Å²) in [5.41, 5.74) is 1.31. The van der Waals surface area contributed by atoms with Gasteiger partial charge in [0.2, 0.25) is 5.95 Å². The minimum Gasteiger partial charge on any atom is -0.480 e. The summed E-state index contributed by atoms with van der Waals surface area (Å²) in [6.45, 7) is 2.54. The van der Waals surface area contributed by atoms with Crippen LogP contribution in [0.5, 0.6) is 5.75 Å². The number of pyridine rings is 1. The van der Waals surface area contributed by atoms with Crippen LogP contribution in [0.1, 0.15) is 18.5 Å². The van der Waals surface area contributed by atoms with Gasteiger partial charge < -0.3 is 15.0 Å². The Balaban J connectivity index is 1.31. The van der Waals surface area contributed by atoms with Gasteiger partial charge in [0.15, 0.2) is 18.0 Å². The molecule has 1 saturated carbocycles. The topological polar surface area (TPSA) is 67.6 Å². The van der Waals surface area contributed by atoms with E-state index in [1.54, 1.807) is 12.3 Å². The van der Waals surface area contributed by atoms with E-state index in [4.69, 9.17) is 4.74 Å². The molecule has 0 aromatic carbocycles. The number of anilines is 2. The predicted octanol–water partition coefficient (Wildman–Crippen LogP) is 3.76. The third-order valence-electron chi connectivity index (χ3n) is 5.77. The predicted molar refractivity (Wildman–Crippen MR) is 107 cm³/mol. The summed E-state index contributed by atoms with van der Waals surface area (Å²) >= 11 is 1.54. The van der Waals surface area contributed by atoms with E-state index in [9.17, 15) is 13.2 Å². The molecule has 11 heteroatoms. The molecule has 2 aliphatic rings. The molecule has 1 N–H and O–H groups in total. The Morgan fingerprint density at radius 3 is 2.70 bits per heavy atom. The fourth-order valence-electron chi connectivity index (χ4n) is 4.50. The number of hydrogen-bond acceptors (Lipinski definition) is 7. The SMILES string of the molecule is Cc1cc(N2C[C@H]3CC[C@@H](C2)[C@@H]3Nc2nc3c(OCC(F)(F)F)cccn3n2)sn1. The molecule has 4 heterocycles. The molecule has 3 aromatic heterocycles. The zero-order valence-corrected chi connectivity index (χ0v) is 17.1. The third-order valence-corrected chi connectivity index (χ3v) is 6.72. The number of halogens is 3. The Hall–Kier alpha value is -2.56. The van der Waals surface area contributed by atoms with E-state index in [0.717, 1.165) is 31.6 Å². The molecule has 2 fully saturated rings. The van der Waals surface area contributed by atoms with Gasteiger partial charge in [-0.15, -0.1) is 5.10 Å². The number of nitrogens with one attached hydrogen (secondary N) is 1. The average Bonchev–Trinajstić information content (AvgIpc) is 3.36. The first-order valence-corrected chi connectivity index (χ1v) is 10.6. The third kappa shape index (κ3) is 3.78. The Morgan fingerprint density at radius 2 is 2.03 bits per heavy atom. The van der Waals surface area contributed by atoms with E-state index in [2.05, 4.69) is 30.7 Å². The van der Waals surface area contributed by atoms with E-state index in [1.165, 1.54) is 27.1 Å². The average molecular weight is 438 g/mol. The largest absolute Gasteiger partial charge is 0.480 e. The first-order valence-electron chi connectivity index (χ1n) is 9.85. The van der Waals surface area contributed by atoms with Crippen molar-refractivity contribution >= 4 is 28.1 Å². The number of piperidine rings is 1. The highest BCUT2D eigenvalue weighted by Gasteiger charge is 2.43. The van der Waals surface area contributed by atoms with E-state index < -0.39 is 12.8 Å². The highest BCUT2D eigenvalue weighted by Crippen LogP contribution is 2.41. The van der Waals surface area contributed by atoms with Gasteiger partial charge in [-0.2, -0.15) is 22.5 Å². The minimum absolute atomic E-state index is 0.0636. The number of rotatable bonds is 5. The molecule has 0 radical (unpaired) electrons. The molecule has 3 aromatic rings. The lowest BCUT2D eigenvalue weighted by molar-refractivity contribution is -0.153. The van der Waals surface area contributed by atoms with Gasteiger partial charge in [0.05, 0.1) is 5.69 Å². The van der Waals surface area contributed by atoms with E-state index >= 15 is 0 Å². The standard InChI is InChI=1S/C19H21F3N6OS/c1-11-7-15(30-26-11)27-8-12-4-5-13(9-27)16(12)23-18-24-17-14(29-10-19(20,21)22)3-2-6-28(17)25-18/h2-3,6-7,12-13,16H,4-5,8-10H2,1H3,(H,23,25)/t12-,13+,16-. The first kappa shape index (κ1) is 19.4. The number of nitrogens with zero attached hydrogens (tertiary/aromatic N) is 5. The van der Waals surface area contributed by atoms with Crippen LogP contribution in [0, 0.1) is 18.8 Å². The van der Waals surface area contributed by atoms with Crippen molar-refractivity contribution in [2.45, 2.75) is 32.0 Å². The van der Waals surface area contributed by atoms with Crippen molar-refractivity contribution in [3.8, 4) is 5.75 Å². The molecule has 0 unspecified atom stereocenters. The summed E-state index contributed by atoms with van der Waals surface area (Å²) in [6.07, 6.45) is -0.497. The van der Waals surface area contributed by atoms with Crippen LogP contribution in [0.25, 0.3) is 5.65 Å². The van der Waals surface area contributed by atoms with Gasteiger partial charge in [0, 0.05) is 25.3 Å². The zero-order chi connectivity index (χ0) is 20.9. The summed E-state index contributed by atoms with van der Waals surface area (Å²) in [7, 11) is 0. The molecule has 2 bridgehead atoms. The molecule has 1 aliphatic heterocycles. The van der Waals surface area contributed by atoms with Gasteiger partial charge in [-0.1, -0.05) is 0 Å². The van der Waals surface area contributed by atoms with Crippen LogP contribution in [0.2, 0.25) is 0 Å². The van der Waals surface area contributed by atoms with Crippen LogP contribution in [0.4, 0.5) is 24.1 Å². The number of ether oxygens (including phenoxy) is 1. The van der Waals surface area contributed by atoms with Gasteiger partial charge in [-0.05, 0) is 61.3 Å². The lowest BCUT2D eigenvalue weighted by Gasteiger charge is -2.38. The van der Waals surface area contributed by atoms with Gasteiger partial charge in [0.1, 0.15) is 5.00 Å². The summed E-state index contributed by atoms with van der Waals surface area (Å²) < 4.78 is 48.3. The van der Waals surface area contributed by atoms with Crippen molar-refractivity contribution < 1.29 is 17.9 Å². The van der Waals surface area contributed by atoms with Crippen molar-refractivity contribution in [3.05, 3.63) is 30.1 Å². The van der Waals surface area contributed by atoms with Crippen molar-refractivity contribution in [1.82, 2.24) is 19.0 Å². The van der Waals surface area contributed by atoms with Crippen LogP contribution in [0.15, 0.2) is 24.4 Å². The van der Waals surface area contributed by atoms with Crippen molar-refractivity contribution in [3.63, 3.8) is 0 Å². The van der Waals surface area contributed by atoms with Gasteiger partial charge >= 0.3 is 6.18 Å². The van der Waals surface area contributed by atoms with E-state index in [-0.39, 0.29) is 17.4 Å². The normalized spacial score (nSPS) is 23.9. The molecule has 30 heavy (non-hydrogen) atoms. The summed E-state index contributed by atoms with van der Waals surface area (Å²) in [5.74, 6) is 1.40. The maximum absolute atomic E-state index is 12.5. The Morgan fingerprint density at radius 1 is 1.27 bits per heavy atom. The maximum atomic E-state index is 12.5. The van der Waals surface area contributed by atoms with Gasteiger partial charge in [-0.25, -0.2) is 4.52 Å². The molecule has 3 atom stereocenters. The number of aryl methyl sites for hydroxylation is 1.